The van der Waals surface area contributed by atoms with E-state index in [1.807, 2.05) is 0 Å². The molecule has 6 nitrogen and oxygen atoms in total. The van der Waals surface area contributed by atoms with E-state index >= 15 is 0 Å². The van der Waals surface area contributed by atoms with Crippen molar-refractivity contribution in [2.24, 2.45) is 5.92 Å². The maximum absolute atomic E-state index is 9.90. The summed E-state index contributed by atoms with van der Waals surface area (Å²) in [5, 5.41) is 35.1. The van der Waals surface area contributed by atoms with Crippen LogP contribution in [-0.4, -0.2) is 44.6 Å². The number of carbonyl (C=O) groups is 2. The topological polar surface area (TPSA) is 115 Å². The summed E-state index contributed by atoms with van der Waals surface area (Å²) in [6.07, 6.45) is 5.48. The third-order valence-corrected chi connectivity index (χ3v) is 3.71. The zero-order valence-electron chi connectivity index (χ0n) is 14.7. The summed E-state index contributed by atoms with van der Waals surface area (Å²) in [6, 6.07) is 0. The number of hydrogen-bond acceptors (Lipinski definition) is 4. The molecule has 0 aromatic heterocycles. The van der Waals surface area contributed by atoms with Crippen molar-refractivity contribution in [3.63, 3.8) is 0 Å². The Kier molecular flexibility index (Phi) is 16.5. The highest BCUT2D eigenvalue weighted by atomic mass is 16.4. The minimum Gasteiger partial charge on any atom is -0.481 e. The van der Waals surface area contributed by atoms with Crippen molar-refractivity contribution < 1.29 is 30.0 Å². The maximum atomic E-state index is 9.90. The molecule has 0 heterocycles. The Balaban J connectivity index is 0. The lowest BCUT2D eigenvalue weighted by atomic mass is 9.90. The van der Waals surface area contributed by atoms with Crippen LogP contribution in [0.3, 0.4) is 0 Å². The highest BCUT2D eigenvalue weighted by molar-refractivity contribution is 5.67. The molecule has 0 saturated carbocycles. The molecule has 0 aromatic rings. The molecule has 0 rings (SSSR count). The smallest absolute Gasteiger partial charge is 0.303 e. The predicted molar refractivity (Wildman–Crippen MR) is 89.4 cm³/mol. The first kappa shape index (κ1) is 24.1. The van der Waals surface area contributed by atoms with E-state index in [-0.39, 0.29) is 18.8 Å². The van der Waals surface area contributed by atoms with Crippen LogP contribution in [0.15, 0.2) is 0 Å². The molecule has 6 heteroatoms. The molecule has 0 aromatic carbocycles. The second-order valence-electron chi connectivity index (χ2n) is 5.89. The molecule has 0 aliphatic rings. The summed E-state index contributed by atoms with van der Waals surface area (Å²) >= 11 is 0. The number of aliphatic hydroxyl groups excluding tert-OH is 2. The summed E-state index contributed by atoms with van der Waals surface area (Å²) in [5.74, 6) is -1.47. The monoisotopic (exact) mass is 334 g/mol. The van der Waals surface area contributed by atoms with Crippen molar-refractivity contribution in [3.8, 4) is 0 Å². The number of aliphatic carboxylic acids is 2. The Morgan fingerprint density at radius 3 is 1.65 bits per heavy atom. The maximum Gasteiger partial charge on any atom is 0.303 e. The van der Waals surface area contributed by atoms with E-state index in [0.29, 0.717) is 12.8 Å². The summed E-state index contributed by atoms with van der Waals surface area (Å²) in [6.45, 7) is 5.90. The second-order valence-corrected chi connectivity index (χ2v) is 5.89. The first-order valence-electron chi connectivity index (χ1n) is 8.55. The van der Waals surface area contributed by atoms with Gasteiger partial charge in [-0.05, 0) is 32.1 Å². The van der Waals surface area contributed by atoms with Crippen molar-refractivity contribution in [1.82, 2.24) is 0 Å². The highest BCUT2D eigenvalue weighted by Gasteiger charge is 2.20. The zero-order valence-corrected chi connectivity index (χ0v) is 14.7. The van der Waals surface area contributed by atoms with Crippen LogP contribution in [0.4, 0.5) is 0 Å². The van der Waals surface area contributed by atoms with Crippen LogP contribution in [-0.2, 0) is 9.59 Å². The van der Waals surface area contributed by atoms with Gasteiger partial charge in [-0.15, -0.1) is 0 Å². The van der Waals surface area contributed by atoms with E-state index in [2.05, 4.69) is 13.8 Å². The molecule has 0 aliphatic heterocycles. The van der Waals surface area contributed by atoms with Crippen LogP contribution in [0, 0.1) is 5.92 Å². The summed E-state index contributed by atoms with van der Waals surface area (Å²) in [5.41, 5.74) is 0. The molecule has 0 spiro atoms. The third kappa shape index (κ3) is 17.1. The number of rotatable bonds is 12. The molecule has 0 saturated heterocycles. The van der Waals surface area contributed by atoms with Crippen molar-refractivity contribution >= 4 is 11.9 Å². The van der Waals surface area contributed by atoms with Crippen LogP contribution in [0.1, 0.15) is 78.6 Å². The molecule has 0 amide bonds. The lowest BCUT2D eigenvalue weighted by molar-refractivity contribution is -0.139. The van der Waals surface area contributed by atoms with Crippen LogP contribution in [0.2, 0.25) is 0 Å². The number of hydrogen-bond donors (Lipinski definition) is 4. The molecule has 4 N–H and O–H groups in total. The van der Waals surface area contributed by atoms with Crippen LogP contribution < -0.4 is 0 Å². The summed E-state index contributed by atoms with van der Waals surface area (Å²) < 4.78 is 0. The SMILES string of the molecule is CCCCCC(CC)C(O)C(C)O.O=C(O)CCCCC(=O)O. The molecule has 23 heavy (non-hydrogen) atoms. The molecule has 3 atom stereocenters. The number of aliphatic hydroxyl groups is 2. The molecular weight excluding hydrogens is 300 g/mol. The molecule has 138 valence electrons. The van der Waals surface area contributed by atoms with Gasteiger partial charge in [0.25, 0.3) is 0 Å². The van der Waals surface area contributed by atoms with E-state index in [1.54, 1.807) is 6.92 Å². The van der Waals surface area contributed by atoms with Gasteiger partial charge in [-0.1, -0.05) is 39.5 Å². The number of carboxylic acids is 2. The van der Waals surface area contributed by atoms with Crippen molar-refractivity contribution in [2.75, 3.05) is 0 Å². The quantitative estimate of drug-likeness (QED) is 0.408. The Morgan fingerprint density at radius 2 is 1.35 bits per heavy atom. The Labute approximate surface area is 139 Å². The minimum atomic E-state index is -0.870. The second kappa shape index (κ2) is 15.7. The normalized spacial score (nSPS) is 14.3. The number of unbranched alkanes of at least 4 members (excludes halogenated alkanes) is 3. The van der Waals surface area contributed by atoms with Gasteiger partial charge in [0.1, 0.15) is 0 Å². The van der Waals surface area contributed by atoms with Gasteiger partial charge in [-0.3, -0.25) is 9.59 Å². The van der Waals surface area contributed by atoms with Gasteiger partial charge in [0.05, 0.1) is 12.2 Å². The first-order chi connectivity index (χ1) is 10.8. The lowest BCUT2D eigenvalue weighted by Gasteiger charge is -2.23. The molecule has 0 radical (unpaired) electrons. The molecule has 0 fully saturated rings. The van der Waals surface area contributed by atoms with Gasteiger partial charge in [-0.2, -0.15) is 0 Å². The summed E-state index contributed by atoms with van der Waals surface area (Å²) in [7, 11) is 0. The average Bonchev–Trinajstić information content (AvgIpc) is 2.48. The zero-order chi connectivity index (χ0) is 18.3. The minimum absolute atomic E-state index is 0.0628. The fraction of sp³-hybridized carbons (Fsp3) is 0.882. The standard InChI is InChI=1S/C11H24O2.C6H10O4/c1-4-6-7-8-10(5-2)11(13)9(3)12;7-5(8)3-1-2-4-6(9)10/h9-13H,4-8H2,1-3H3;1-4H2,(H,7,8)(H,9,10). The fourth-order valence-electron chi connectivity index (χ4n) is 2.22. The largest absolute Gasteiger partial charge is 0.481 e. The van der Waals surface area contributed by atoms with Gasteiger partial charge in [0.15, 0.2) is 0 Å². The van der Waals surface area contributed by atoms with E-state index in [1.165, 1.54) is 19.3 Å². The van der Waals surface area contributed by atoms with E-state index in [9.17, 15) is 19.8 Å². The third-order valence-electron chi connectivity index (χ3n) is 3.71. The van der Waals surface area contributed by atoms with Crippen LogP contribution in [0.25, 0.3) is 0 Å². The van der Waals surface area contributed by atoms with Gasteiger partial charge in [-0.25, -0.2) is 0 Å². The average molecular weight is 334 g/mol. The van der Waals surface area contributed by atoms with E-state index in [0.717, 1.165) is 12.8 Å². The van der Waals surface area contributed by atoms with E-state index < -0.39 is 24.1 Å². The van der Waals surface area contributed by atoms with Crippen molar-refractivity contribution in [1.29, 1.82) is 0 Å². The summed E-state index contributed by atoms with van der Waals surface area (Å²) in [4.78, 5) is 19.8. The molecule has 0 bridgehead atoms. The Morgan fingerprint density at radius 1 is 0.870 bits per heavy atom. The Hall–Kier alpha value is -1.14. The molecule has 3 unspecified atom stereocenters. The van der Waals surface area contributed by atoms with Gasteiger partial charge >= 0.3 is 11.9 Å². The molecular formula is C17H34O6. The fourth-order valence-corrected chi connectivity index (χ4v) is 2.22. The molecule has 0 aliphatic carbocycles. The Bertz CT molecular complexity index is 287. The van der Waals surface area contributed by atoms with Crippen molar-refractivity contribution in [3.05, 3.63) is 0 Å². The van der Waals surface area contributed by atoms with Crippen LogP contribution in [0.5, 0.6) is 0 Å². The lowest BCUT2D eigenvalue weighted by Crippen LogP contribution is -2.30. The highest BCUT2D eigenvalue weighted by Crippen LogP contribution is 2.19. The van der Waals surface area contributed by atoms with Gasteiger partial charge in [0, 0.05) is 12.8 Å². The van der Waals surface area contributed by atoms with E-state index in [4.69, 9.17) is 10.2 Å². The van der Waals surface area contributed by atoms with Gasteiger partial charge < -0.3 is 20.4 Å². The van der Waals surface area contributed by atoms with Crippen molar-refractivity contribution in [2.45, 2.75) is 90.8 Å². The van der Waals surface area contributed by atoms with Crippen LogP contribution >= 0.6 is 0 Å². The number of carboxylic acid groups (broad SMARTS) is 2. The van der Waals surface area contributed by atoms with Gasteiger partial charge in [0.2, 0.25) is 0 Å². The first-order valence-corrected chi connectivity index (χ1v) is 8.55. The predicted octanol–water partition coefficient (Wildman–Crippen LogP) is 3.05.